The number of alkyl halides is 3. The third-order valence-electron chi connectivity index (χ3n) is 5.02. The lowest BCUT2D eigenvalue weighted by Crippen LogP contribution is -2.41. The molecule has 0 atom stereocenters. The van der Waals surface area contributed by atoms with Crippen LogP contribution in [0.1, 0.15) is 29.0 Å². The summed E-state index contributed by atoms with van der Waals surface area (Å²) in [5, 5.41) is 6.13. The predicted octanol–water partition coefficient (Wildman–Crippen LogP) is 4.27. The van der Waals surface area contributed by atoms with Crippen molar-refractivity contribution in [3.63, 3.8) is 0 Å². The van der Waals surface area contributed by atoms with Gasteiger partial charge in [-0.15, -0.1) is 16.4 Å². The van der Waals surface area contributed by atoms with Crippen LogP contribution in [-0.4, -0.2) is 51.9 Å². The highest BCUT2D eigenvalue weighted by Gasteiger charge is 2.32. The molecule has 6 nitrogen and oxygen atoms in total. The van der Waals surface area contributed by atoms with Crippen molar-refractivity contribution in [2.75, 3.05) is 20.2 Å². The maximum absolute atomic E-state index is 13.2. The maximum Gasteiger partial charge on any atom is 0.416 e. The van der Waals surface area contributed by atoms with Gasteiger partial charge in [-0.2, -0.15) is 13.2 Å². The van der Waals surface area contributed by atoms with Crippen molar-refractivity contribution in [1.29, 1.82) is 0 Å². The number of carbonyl (C=O) groups excluding carboxylic acids is 1. The molecule has 1 aliphatic heterocycles. The molecular weight excluding hydrogens is 417 g/mol. The number of nitrogens with zero attached hydrogens (tertiary/aromatic N) is 4. The number of halogens is 3. The molecule has 30 heavy (non-hydrogen) atoms. The summed E-state index contributed by atoms with van der Waals surface area (Å²) in [4.78, 5) is 19.7. The average Bonchev–Trinajstić information content (AvgIpc) is 3.42. The predicted molar refractivity (Wildman–Crippen MR) is 106 cm³/mol. The Hall–Kier alpha value is -2.72. The second-order valence-corrected chi connectivity index (χ2v) is 7.87. The molecule has 0 N–H and O–H groups in total. The molecule has 2 aromatic heterocycles. The Labute approximate surface area is 174 Å². The topological polar surface area (TPSA) is 60.2 Å². The largest absolute Gasteiger partial charge is 0.416 e. The number of hydrogen-bond acceptors (Lipinski definition) is 5. The molecule has 0 radical (unpaired) electrons. The van der Waals surface area contributed by atoms with Crippen LogP contribution >= 0.6 is 11.3 Å². The number of benzene rings is 1. The summed E-state index contributed by atoms with van der Waals surface area (Å²) in [5.74, 6) is -0.0424. The quantitative estimate of drug-likeness (QED) is 0.613. The lowest BCUT2D eigenvalue weighted by Gasteiger charge is -2.30. The number of carbonyl (C=O) groups is 1. The van der Waals surface area contributed by atoms with Crippen molar-refractivity contribution in [3.05, 3.63) is 53.2 Å². The van der Waals surface area contributed by atoms with Crippen molar-refractivity contribution < 1.29 is 22.7 Å². The minimum atomic E-state index is -4.48. The zero-order valence-electron chi connectivity index (χ0n) is 16.1. The van der Waals surface area contributed by atoms with Gasteiger partial charge in [0.15, 0.2) is 5.82 Å². The molecule has 0 aliphatic carbocycles. The van der Waals surface area contributed by atoms with Crippen LogP contribution in [0.3, 0.4) is 0 Å². The molecule has 3 aromatic rings. The number of ether oxygens (including phenoxy) is 1. The number of aromatic nitrogens is 3. The van der Waals surface area contributed by atoms with Gasteiger partial charge in [0.25, 0.3) is 5.91 Å². The lowest BCUT2D eigenvalue weighted by atomic mass is 10.1. The van der Waals surface area contributed by atoms with E-state index in [9.17, 15) is 18.0 Å². The van der Waals surface area contributed by atoms with Crippen LogP contribution in [0, 0.1) is 0 Å². The first-order valence-electron chi connectivity index (χ1n) is 9.37. The van der Waals surface area contributed by atoms with Crippen LogP contribution in [-0.2, 0) is 10.9 Å². The van der Waals surface area contributed by atoms with Crippen LogP contribution in [0.2, 0.25) is 0 Å². The zero-order chi connectivity index (χ0) is 21.3. The minimum absolute atomic E-state index is 0.0355. The summed E-state index contributed by atoms with van der Waals surface area (Å²) in [5.41, 5.74) is -0.597. The molecule has 1 fully saturated rings. The molecular formula is C20H19F3N4O2S. The van der Waals surface area contributed by atoms with Gasteiger partial charge in [-0.05, 0) is 42.5 Å². The Morgan fingerprint density at radius 1 is 1.20 bits per heavy atom. The molecule has 1 saturated heterocycles. The first kappa shape index (κ1) is 20.5. The van der Waals surface area contributed by atoms with Crippen LogP contribution in [0.25, 0.3) is 16.4 Å². The van der Waals surface area contributed by atoms with Gasteiger partial charge in [0, 0.05) is 20.2 Å². The van der Waals surface area contributed by atoms with Crippen LogP contribution in [0.5, 0.6) is 0 Å². The highest BCUT2D eigenvalue weighted by molar-refractivity contribution is 7.13. The molecule has 0 saturated carbocycles. The molecule has 1 aromatic carbocycles. The number of likely N-dealkylation sites (tertiary alicyclic amines) is 1. The number of thiophene rings is 1. The maximum atomic E-state index is 13.2. The third-order valence-corrected chi connectivity index (χ3v) is 5.89. The Kier molecular flexibility index (Phi) is 5.61. The molecule has 3 heterocycles. The summed E-state index contributed by atoms with van der Waals surface area (Å²) < 4.78 is 46.2. The van der Waals surface area contributed by atoms with E-state index in [-0.39, 0.29) is 23.5 Å². The van der Waals surface area contributed by atoms with Gasteiger partial charge < -0.3 is 9.64 Å². The SMILES string of the molecule is COC1CCN(C(=O)c2nc(-c3cccs3)n(-c3cccc(C(F)(F)F)c3)n2)CC1. The Bertz CT molecular complexity index is 1030. The number of piperidine rings is 1. The van der Waals surface area contributed by atoms with Crippen molar-refractivity contribution in [1.82, 2.24) is 19.7 Å². The van der Waals surface area contributed by atoms with Crippen LogP contribution in [0.4, 0.5) is 13.2 Å². The smallest absolute Gasteiger partial charge is 0.381 e. The fourth-order valence-corrected chi connectivity index (χ4v) is 4.10. The Morgan fingerprint density at radius 2 is 1.97 bits per heavy atom. The summed E-state index contributed by atoms with van der Waals surface area (Å²) in [7, 11) is 1.65. The Balaban J connectivity index is 1.71. The van der Waals surface area contributed by atoms with Gasteiger partial charge in [0.05, 0.1) is 22.2 Å². The number of methoxy groups -OCH3 is 1. The van der Waals surface area contributed by atoms with E-state index in [1.54, 1.807) is 18.1 Å². The van der Waals surface area contributed by atoms with Crippen molar-refractivity contribution in [2.45, 2.75) is 25.1 Å². The number of hydrogen-bond donors (Lipinski definition) is 0. The molecule has 0 spiro atoms. The van der Waals surface area contributed by atoms with E-state index < -0.39 is 11.7 Å². The summed E-state index contributed by atoms with van der Waals surface area (Å²) in [6.45, 7) is 1.04. The molecule has 0 unspecified atom stereocenters. The highest BCUT2D eigenvalue weighted by atomic mass is 32.1. The zero-order valence-corrected chi connectivity index (χ0v) is 16.9. The lowest BCUT2D eigenvalue weighted by molar-refractivity contribution is -0.137. The first-order valence-corrected chi connectivity index (χ1v) is 10.3. The second kappa shape index (κ2) is 8.19. The fraction of sp³-hybridized carbons (Fsp3) is 0.350. The normalized spacial score (nSPS) is 15.5. The second-order valence-electron chi connectivity index (χ2n) is 6.92. The number of amides is 1. The fourth-order valence-electron chi connectivity index (χ4n) is 3.40. The molecule has 158 valence electrons. The monoisotopic (exact) mass is 436 g/mol. The van der Waals surface area contributed by atoms with Gasteiger partial charge in [-0.25, -0.2) is 9.67 Å². The van der Waals surface area contributed by atoms with Gasteiger partial charge >= 0.3 is 6.18 Å². The van der Waals surface area contributed by atoms with E-state index in [4.69, 9.17) is 4.74 Å². The van der Waals surface area contributed by atoms with Gasteiger partial charge in [0.1, 0.15) is 0 Å². The van der Waals surface area contributed by atoms with E-state index in [1.165, 1.54) is 28.2 Å². The molecule has 0 bridgehead atoms. The van der Waals surface area contributed by atoms with E-state index >= 15 is 0 Å². The first-order chi connectivity index (χ1) is 14.4. The summed E-state index contributed by atoms with van der Waals surface area (Å²) >= 11 is 1.37. The molecule has 4 rings (SSSR count). The Morgan fingerprint density at radius 3 is 2.60 bits per heavy atom. The van der Waals surface area contributed by atoms with Crippen molar-refractivity contribution in [3.8, 4) is 16.4 Å². The minimum Gasteiger partial charge on any atom is -0.381 e. The van der Waals surface area contributed by atoms with Crippen molar-refractivity contribution >= 4 is 17.2 Å². The average molecular weight is 436 g/mol. The standard InChI is InChI=1S/C20H19F3N4O2S/c1-29-15-7-9-26(10-8-15)19(28)17-24-18(16-6-3-11-30-16)27(25-17)14-5-2-4-13(12-14)20(21,22)23/h2-6,11-12,15H,7-10H2,1H3. The molecule has 1 amide bonds. The van der Waals surface area contributed by atoms with Crippen LogP contribution in [0.15, 0.2) is 41.8 Å². The van der Waals surface area contributed by atoms with Crippen molar-refractivity contribution in [2.24, 2.45) is 0 Å². The molecule has 10 heteroatoms. The molecule has 1 aliphatic rings. The van der Waals surface area contributed by atoms with Gasteiger partial charge in [0.2, 0.25) is 5.82 Å². The van der Waals surface area contributed by atoms with Crippen LogP contribution < -0.4 is 0 Å². The third kappa shape index (κ3) is 4.10. The van der Waals surface area contributed by atoms with Gasteiger partial charge in [-0.3, -0.25) is 4.79 Å². The van der Waals surface area contributed by atoms with E-state index in [0.717, 1.165) is 12.1 Å². The summed E-state index contributed by atoms with van der Waals surface area (Å²) in [6, 6.07) is 8.43. The highest BCUT2D eigenvalue weighted by Crippen LogP contribution is 2.32. The van der Waals surface area contributed by atoms with Gasteiger partial charge in [-0.1, -0.05) is 12.1 Å². The van der Waals surface area contributed by atoms with E-state index in [1.807, 2.05) is 11.4 Å². The summed E-state index contributed by atoms with van der Waals surface area (Å²) in [6.07, 6.45) is -2.93. The van der Waals surface area contributed by atoms with E-state index in [2.05, 4.69) is 10.1 Å². The number of rotatable bonds is 4. The van der Waals surface area contributed by atoms with E-state index in [0.29, 0.717) is 36.6 Å².